The number of hydrogen-bond acceptors (Lipinski definition) is 5. The van der Waals surface area contributed by atoms with E-state index in [9.17, 15) is 0 Å². The van der Waals surface area contributed by atoms with E-state index >= 15 is 0 Å². The van der Waals surface area contributed by atoms with Gasteiger partial charge in [0, 0.05) is 9.35 Å². The number of rotatable bonds is 5. The summed E-state index contributed by atoms with van der Waals surface area (Å²) in [6.45, 7) is 2.17. The Hall–Kier alpha value is -0.300. The number of thiophene rings is 1. The molecule has 92 valence electrons. The fraction of sp³-hybridized carbons (Fsp3) is 0.455. The van der Waals surface area contributed by atoms with Gasteiger partial charge in [-0.1, -0.05) is 17.8 Å². The molecule has 1 unspecified atom stereocenters. The molecule has 0 bridgehead atoms. The SMILES string of the molecule is CCCc1nnsc1C(NC)c1sccc1Br. The molecule has 0 aliphatic carbocycles. The Morgan fingerprint density at radius 3 is 2.88 bits per heavy atom. The van der Waals surface area contributed by atoms with E-state index in [1.165, 1.54) is 21.3 Å². The molecule has 2 aromatic rings. The van der Waals surface area contributed by atoms with Crippen molar-refractivity contribution in [2.24, 2.45) is 0 Å². The van der Waals surface area contributed by atoms with Crippen LogP contribution in [0.15, 0.2) is 15.9 Å². The third kappa shape index (κ3) is 2.76. The lowest BCUT2D eigenvalue weighted by Gasteiger charge is -2.14. The van der Waals surface area contributed by atoms with Crippen LogP contribution in [-0.4, -0.2) is 16.6 Å². The van der Waals surface area contributed by atoms with E-state index in [1.807, 2.05) is 7.05 Å². The Morgan fingerprint density at radius 2 is 2.29 bits per heavy atom. The van der Waals surface area contributed by atoms with Gasteiger partial charge in [0.05, 0.1) is 16.6 Å². The maximum atomic E-state index is 4.23. The van der Waals surface area contributed by atoms with Crippen LogP contribution in [0.1, 0.15) is 34.8 Å². The van der Waals surface area contributed by atoms with Crippen LogP contribution in [0.4, 0.5) is 0 Å². The first-order valence-electron chi connectivity index (χ1n) is 5.49. The zero-order valence-electron chi connectivity index (χ0n) is 9.74. The van der Waals surface area contributed by atoms with Gasteiger partial charge in [-0.2, -0.15) is 0 Å². The third-order valence-electron chi connectivity index (χ3n) is 2.53. The predicted octanol–water partition coefficient (Wildman–Crippen LogP) is 3.62. The number of halogens is 1. The van der Waals surface area contributed by atoms with Gasteiger partial charge in [-0.25, -0.2) is 0 Å². The number of aryl methyl sites for hydroxylation is 1. The first kappa shape index (κ1) is 13.1. The molecule has 1 N–H and O–H groups in total. The molecule has 0 aliphatic rings. The van der Waals surface area contributed by atoms with Crippen LogP contribution in [-0.2, 0) is 6.42 Å². The zero-order valence-corrected chi connectivity index (χ0v) is 13.0. The van der Waals surface area contributed by atoms with Crippen LogP contribution in [0.5, 0.6) is 0 Å². The Morgan fingerprint density at radius 1 is 1.47 bits per heavy atom. The summed E-state index contributed by atoms with van der Waals surface area (Å²) < 4.78 is 5.24. The minimum absolute atomic E-state index is 0.200. The topological polar surface area (TPSA) is 37.8 Å². The Balaban J connectivity index is 2.35. The van der Waals surface area contributed by atoms with Crippen molar-refractivity contribution in [1.82, 2.24) is 14.9 Å². The van der Waals surface area contributed by atoms with E-state index in [0.29, 0.717) is 0 Å². The normalized spacial score (nSPS) is 12.9. The Labute approximate surface area is 118 Å². The molecule has 0 aliphatic heterocycles. The van der Waals surface area contributed by atoms with E-state index < -0.39 is 0 Å². The lowest BCUT2D eigenvalue weighted by molar-refractivity contribution is 0.697. The van der Waals surface area contributed by atoms with Gasteiger partial charge < -0.3 is 5.32 Å². The summed E-state index contributed by atoms with van der Waals surface area (Å²) in [4.78, 5) is 2.52. The van der Waals surface area contributed by atoms with Crippen LogP contribution in [0, 0.1) is 0 Å². The summed E-state index contributed by atoms with van der Waals surface area (Å²) in [5.41, 5.74) is 1.12. The van der Waals surface area contributed by atoms with Crippen molar-refractivity contribution < 1.29 is 0 Å². The molecule has 1 atom stereocenters. The van der Waals surface area contributed by atoms with Gasteiger partial charge >= 0.3 is 0 Å². The molecule has 2 rings (SSSR count). The van der Waals surface area contributed by atoms with E-state index in [1.54, 1.807) is 11.3 Å². The fourth-order valence-corrected chi connectivity index (χ4v) is 4.35. The predicted molar refractivity (Wildman–Crippen MR) is 76.8 cm³/mol. The van der Waals surface area contributed by atoms with Crippen molar-refractivity contribution in [3.63, 3.8) is 0 Å². The molecule has 0 aromatic carbocycles. The second-order valence-electron chi connectivity index (χ2n) is 3.69. The van der Waals surface area contributed by atoms with Crippen molar-refractivity contribution >= 4 is 38.8 Å². The van der Waals surface area contributed by atoms with Gasteiger partial charge in [-0.15, -0.1) is 16.4 Å². The van der Waals surface area contributed by atoms with Crippen LogP contribution in [0.3, 0.4) is 0 Å². The van der Waals surface area contributed by atoms with Crippen molar-refractivity contribution in [2.75, 3.05) is 7.05 Å². The van der Waals surface area contributed by atoms with Gasteiger partial charge in [-0.3, -0.25) is 0 Å². The van der Waals surface area contributed by atoms with Crippen molar-refractivity contribution in [1.29, 1.82) is 0 Å². The molecular formula is C11H14BrN3S2. The van der Waals surface area contributed by atoms with Gasteiger partial charge in [-0.05, 0) is 52.4 Å². The molecule has 6 heteroatoms. The molecule has 17 heavy (non-hydrogen) atoms. The minimum atomic E-state index is 0.200. The first-order chi connectivity index (χ1) is 8.27. The smallest absolute Gasteiger partial charge is 0.0809 e. The molecule has 0 fully saturated rings. The molecule has 2 aromatic heterocycles. The highest BCUT2D eigenvalue weighted by Crippen LogP contribution is 2.35. The average molecular weight is 332 g/mol. The van der Waals surface area contributed by atoms with Crippen molar-refractivity contribution in [3.8, 4) is 0 Å². The molecule has 0 amide bonds. The molecule has 0 spiro atoms. The monoisotopic (exact) mass is 331 g/mol. The van der Waals surface area contributed by atoms with Gasteiger partial charge in [0.25, 0.3) is 0 Å². The maximum Gasteiger partial charge on any atom is 0.0809 e. The average Bonchev–Trinajstić information content (AvgIpc) is 2.92. The van der Waals surface area contributed by atoms with Crippen molar-refractivity contribution in [2.45, 2.75) is 25.8 Å². The van der Waals surface area contributed by atoms with Gasteiger partial charge in [0.2, 0.25) is 0 Å². The van der Waals surface area contributed by atoms with Gasteiger partial charge in [0.15, 0.2) is 0 Å². The summed E-state index contributed by atoms with van der Waals surface area (Å²) >= 11 is 6.83. The quantitative estimate of drug-likeness (QED) is 0.909. The summed E-state index contributed by atoms with van der Waals surface area (Å²) in [5, 5.41) is 9.68. The van der Waals surface area contributed by atoms with E-state index in [4.69, 9.17) is 0 Å². The number of nitrogens with one attached hydrogen (secondary N) is 1. The fourth-order valence-electron chi connectivity index (χ4n) is 1.74. The standard InChI is InChI=1S/C11H14BrN3S2/c1-3-4-8-11(17-15-14-8)9(13-2)10-7(12)5-6-16-10/h5-6,9,13H,3-4H2,1-2H3. The maximum absolute atomic E-state index is 4.23. The zero-order chi connectivity index (χ0) is 12.3. The van der Waals surface area contributed by atoms with Crippen LogP contribution in [0.25, 0.3) is 0 Å². The van der Waals surface area contributed by atoms with Crippen LogP contribution >= 0.6 is 38.8 Å². The summed E-state index contributed by atoms with van der Waals surface area (Å²) in [6, 6.07) is 2.28. The molecule has 2 heterocycles. The molecule has 0 saturated carbocycles. The van der Waals surface area contributed by atoms with E-state index in [-0.39, 0.29) is 6.04 Å². The third-order valence-corrected chi connectivity index (χ3v) is 5.30. The highest BCUT2D eigenvalue weighted by atomic mass is 79.9. The summed E-state index contributed by atoms with van der Waals surface area (Å²) in [6.07, 6.45) is 2.09. The second-order valence-corrected chi connectivity index (χ2v) is 6.28. The molecule has 0 saturated heterocycles. The number of aromatic nitrogens is 2. The molecule has 3 nitrogen and oxygen atoms in total. The van der Waals surface area contributed by atoms with Crippen LogP contribution in [0.2, 0.25) is 0 Å². The van der Waals surface area contributed by atoms with Crippen LogP contribution < -0.4 is 5.32 Å². The van der Waals surface area contributed by atoms with E-state index in [0.717, 1.165) is 23.0 Å². The summed E-state index contributed by atoms with van der Waals surface area (Å²) in [5.74, 6) is 0. The van der Waals surface area contributed by atoms with Crippen molar-refractivity contribution in [3.05, 3.63) is 31.4 Å². The van der Waals surface area contributed by atoms with Gasteiger partial charge in [0.1, 0.15) is 0 Å². The number of nitrogens with zero attached hydrogens (tertiary/aromatic N) is 2. The molecular weight excluding hydrogens is 318 g/mol. The second kappa shape index (κ2) is 6.04. The largest absolute Gasteiger partial charge is 0.308 e. The molecule has 0 radical (unpaired) electrons. The summed E-state index contributed by atoms with van der Waals surface area (Å²) in [7, 11) is 1.98. The minimum Gasteiger partial charge on any atom is -0.308 e. The number of hydrogen-bond donors (Lipinski definition) is 1. The van der Waals surface area contributed by atoms with E-state index in [2.05, 4.69) is 49.2 Å². The lowest BCUT2D eigenvalue weighted by Crippen LogP contribution is -2.17. The lowest BCUT2D eigenvalue weighted by atomic mass is 10.1. The highest BCUT2D eigenvalue weighted by molar-refractivity contribution is 9.10. The first-order valence-corrected chi connectivity index (χ1v) is 7.93. The Bertz CT molecular complexity index is 481. The highest BCUT2D eigenvalue weighted by Gasteiger charge is 2.22. The Kier molecular flexibility index (Phi) is 4.67.